The predicted octanol–water partition coefficient (Wildman–Crippen LogP) is 3.26. The molecule has 1 fully saturated rings. The van der Waals surface area contributed by atoms with Gasteiger partial charge in [0.25, 0.3) is 0 Å². The molecule has 1 saturated heterocycles. The van der Waals surface area contributed by atoms with Crippen LogP contribution in [0.3, 0.4) is 0 Å². The Morgan fingerprint density at radius 1 is 0.923 bits per heavy atom. The van der Waals surface area contributed by atoms with Crippen molar-refractivity contribution in [1.29, 1.82) is 0 Å². The quantitative estimate of drug-likeness (QED) is 0.785. The first-order valence-electron chi connectivity index (χ1n) is 7.89. The van der Waals surface area contributed by atoms with Gasteiger partial charge in [0.15, 0.2) is 11.6 Å². The van der Waals surface area contributed by atoms with Crippen molar-refractivity contribution in [2.45, 2.75) is 11.4 Å². The molecular weight excluding hydrogens is 389 g/mol. The topological polar surface area (TPSA) is 40.6 Å². The van der Waals surface area contributed by atoms with E-state index >= 15 is 0 Å². The van der Waals surface area contributed by atoms with E-state index in [2.05, 4.69) is 0 Å². The van der Waals surface area contributed by atoms with Crippen LogP contribution in [0.4, 0.5) is 13.2 Å². The second-order valence-corrected chi connectivity index (χ2v) is 8.34. The zero-order chi connectivity index (χ0) is 18.9. The largest absolute Gasteiger partial charge is 0.296 e. The molecule has 1 aliphatic heterocycles. The van der Waals surface area contributed by atoms with E-state index in [4.69, 9.17) is 11.6 Å². The Hall–Kier alpha value is -1.61. The van der Waals surface area contributed by atoms with Crippen LogP contribution in [-0.2, 0) is 16.6 Å². The van der Waals surface area contributed by atoms with Crippen molar-refractivity contribution in [3.63, 3.8) is 0 Å². The van der Waals surface area contributed by atoms with E-state index in [1.54, 1.807) is 6.07 Å². The Bertz CT molecular complexity index is 916. The molecule has 26 heavy (non-hydrogen) atoms. The third-order valence-electron chi connectivity index (χ3n) is 4.27. The van der Waals surface area contributed by atoms with Crippen molar-refractivity contribution >= 4 is 21.6 Å². The summed E-state index contributed by atoms with van der Waals surface area (Å²) in [4.78, 5) is 1.72. The number of nitrogens with zero attached hydrogens (tertiary/aromatic N) is 2. The number of piperazine rings is 1. The Labute approximate surface area is 154 Å². The van der Waals surface area contributed by atoms with Crippen LogP contribution in [0.5, 0.6) is 0 Å². The van der Waals surface area contributed by atoms with Crippen LogP contribution in [0.25, 0.3) is 0 Å². The van der Waals surface area contributed by atoms with E-state index < -0.39 is 27.5 Å². The SMILES string of the molecule is O=S(=O)(c1ccc(F)c(F)c1)N1CCN(Cc2ccc(F)cc2Cl)CC1. The Kier molecular flexibility index (Phi) is 5.57. The zero-order valence-corrected chi connectivity index (χ0v) is 15.2. The Morgan fingerprint density at radius 2 is 1.62 bits per heavy atom. The molecule has 0 radical (unpaired) electrons. The normalized spacial score (nSPS) is 16.8. The van der Waals surface area contributed by atoms with Crippen LogP contribution in [0.2, 0.25) is 5.02 Å². The summed E-state index contributed by atoms with van der Waals surface area (Å²) >= 11 is 6.02. The number of rotatable bonds is 4. The fourth-order valence-electron chi connectivity index (χ4n) is 2.81. The molecule has 0 bridgehead atoms. The first-order valence-corrected chi connectivity index (χ1v) is 9.70. The van der Waals surface area contributed by atoms with Gasteiger partial charge in [-0.2, -0.15) is 4.31 Å². The Morgan fingerprint density at radius 3 is 2.23 bits per heavy atom. The summed E-state index contributed by atoms with van der Waals surface area (Å²) in [6.45, 7) is 1.77. The maximum atomic E-state index is 13.3. The van der Waals surface area contributed by atoms with Gasteiger partial charge in [0.1, 0.15) is 5.82 Å². The lowest BCUT2D eigenvalue weighted by Gasteiger charge is -2.34. The van der Waals surface area contributed by atoms with Gasteiger partial charge in [-0.05, 0) is 35.9 Å². The van der Waals surface area contributed by atoms with Crippen molar-refractivity contribution < 1.29 is 21.6 Å². The maximum absolute atomic E-state index is 13.3. The van der Waals surface area contributed by atoms with E-state index in [1.165, 1.54) is 16.4 Å². The summed E-state index contributed by atoms with van der Waals surface area (Å²) in [5, 5.41) is 0.321. The van der Waals surface area contributed by atoms with Crippen LogP contribution >= 0.6 is 11.6 Å². The third kappa shape index (κ3) is 4.03. The molecule has 0 atom stereocenters. The molecule has 2 aromatic rings. The second-order valence-electron chi connectivity index (χ2n) is 5.99. The summed E-state index contributed by atoms with van der Waals surface area (Å²) in [5.74, 6) is -2.71. The minimum absolute atomic E-state index is 0.208. The van der Waals surface area contributed by atoms with Gasteiger partial charge in [0.05, 0.1) is 4.90 Å². The lowest BCUT2D eigenvalue weighted by Crippen LogP contribution is -2.48. The lowest BCUT2D eigenvalue weighted by atomic mass is 10.2. The summed E-state index contributed by atoms with van der Waals surface area (Å²) < 4.78 is 65.8. The fraction of sp³-hybridized carbons (Fsp3) is 0.294. The van der Waals surface area contributed by atoms with Crippen molar-refractivity contribution in [2.75, 3.05) is 26.2 Å². The third-order valence-corrected chi connectivity index (χ3v) is 6.52. The summed E-state index contributed by atoms with van der Waals surface area (Å²) in [7, 11) is -3.89. The first-order chi connectivity index (χ1) is 12.3. The van der Waals surface area contributed by atoms with Gasteiger partial charge < -0.3 is 0 Å². The van der Waals surface area contributed by atoms with Gasteiger partial charge in [-0.1, -0.05) is 17.7 Å². The van der Waals surface area contributed by atoms with E-state index in [0.717, 1.165) is 17.7 Å². The molecule has 4 nitrogen and oxygen atoms in total. The standard InChI is InChI=1S/C17H16ClF3N2O2S/c18-15-9-13(19)2-1-12(15)11-22-5-7-23(8-6-22)26(24,25)14-3-4-16(20)17(21)10-14/h1-4,9-10H,5-8,11H2. The highest BCUT2D eigenvalue weighted by molar-refractivity contribution is 7.89. The molecule has 1 heterocycles. The van der Waals surface area contributed by atoms with Crippen LogP contribution < -0.4 is 0 Å². The molecule has 140 valence electrons. The number of benzene rings is 2. The lowest BCUT2D eigenvalue weighted by molar-refractivity contribution is 0.181. The van der Waals surface area contributed by atoms with Crippen LogP contribution in [0.1, 0.15) is 5.56 Å². The maximum Gasteiger partial charge on any atom is 0.243 e. The number of hydrogen-bond acceptors (Lipinski definition) is 3. The second kappa shape index (κ2) is 7.56. The number of hydrogen-bond donors (Lipinski definition) is 0. The smallest absolute Gasteiger partial charge is 0.243 e. The van der Waals surface area contributed by atoms with Crippen molar-refractivity contribution in [3.05, 3.63) is 64.4 Å². The monoisotopic (exact) mass is 404 g/mol. The van der Waals surface area contributed by atoms with E-state index in [9.17, 15) is 21.6 Å². The van der Waals surface area contributed by atoms with Gasteiger partial charge >= 0.3 is 0 Å². The Balaban J connectivity index is 1.66. The average molecular weight is 405 g/mol. The molecule has 0 spiro atoms. The number of sulfonamides is 1. The van der Waals surface area contributed by atoms with E-state index in [0.29, 0.717) is 30.7 Å². The summed E-state index contributed by atoms with van der Waals surface area (Å²) in [5.41, 5.74) is 0.755. The average Bonchev–Trinajstić information content (AvgIpc) is 2.60. The highest BCUT2D eigenvalue weighted by Crippen LogP contribution is 2.22. The minimum atomic E-state index is -3.89. The van der Waals surface area contributed by atoms with Crippen LogP contribution in [0.15, 0.2) is 41.3 Å². The van der Waals surface area contributed by atoms with Gasteiger partial charge in [-0.15, -0.1) is 0 Å². The van der Waals surface area contributed by atoms with Crippen molar-refractivity contribution in [3.8, 4) is 0 Å². The first kappa shape index (κ1) is 19.2. The van der Waals surface area contributed by atoms with Crippen molar-refractivity contribution in [2.24, 2.45) is 0 Å². The summed E-state index contributed by atoms with van der Waals surface area (Å²) in [6.07, 6.45) is 0. The molecule has 9 heteroatoms. The van der Waals surface area contributed by atoms with Gasteiger partial charge in [-0.25, -0.2) is 21.6 Å². The molecule has 0 aromatic heterocycles. The number of halogens is 4. The minimum Gasteiger partial charge on any atom is -0.296 e. The molecule has 0 aliphatic carbocycles. The molecule has 2 aromatic carbocycles. The van der Waals surface area contributed by atoms with Crippen LogP contribution in [-0.4, -0.2) is 43.8 Å². The van der Waals surface area contributed by atoms with Gasteiger partial charge in [0.2, 0.25) is 10.0 Å². The highest BCUT2D eigenvalue weighted by Gasteiger charge is 2.29. The molecular formula is C17H16ClF3N2O2S. The molecule has 3 rings (SSSR count). The van der Waals surface area contributed by atoms with Crippen molar-refractivity contribution in [1.82, 2.24) is 9.21 Å². The molecule has 0 unspecified atom stereocenters. The van der Waals surface area contributed by atoms with Gasteiger partial charge in [-0.3, -0.25) is 4.90 Å². The van der Waals surface area contributed by atoms with Crippen LogP contribution in [0, 0.1) is 17.5 Å². The fourth-order valence-corrected chi connectivity index (χ4v) is 4.47. The zero-order valence-electron chi connectivity index (χ0n) is 13.6. The molecule has 0 amide bonds. The van der Waals surface area contributed by atoms with Gasteiger partial charge in [0, 0.05) is 37.7 Å². The predicted molar refractivity (Wildman–Crippen MR) is 91.8 cm³/mol. The molecule has 0 N–H and O–H groups in total. The molecule has 1 aliphatic rings. The van der Waals surface area contributed by atoms with E-state index in [-0.39, 0.29) is 18.0 Å². The van der Waals surface area contributed by atoms with E-state index in [1.807, 2.05) is 4.90 Å². The summed E-state index contributed by atoms with van der Waals surface area (Å²) in [6, 6.07) is 6.70. The molecule has 0 saturated carbocycles. The highest BCUT2D eigenvalue weighted by atomic mass is 35.5.